The molecule has 0 fully saturated rings. The van der Waals surface area contributed by atoms with Crippen LogP contribution < -0.4 is 5.32 Å². The Morgan fingerprint density at radius 1 is 1.47 bits per heavy atom. The maximum atomic E-state index is 5.95. The van der Waals surface area contributed by atoms with Gasteiger partial charge in [0.15, 0.2) is 0 Å². The van der Waals surface area contributed by atoms with Crippen LogP contribution >= 0.6 is 22.9 Å². The van der Waals surface area contributed by atoms with E-state index in [-0.39, 0.29) is 12.1 Å². The van der Waals surface area contributed by atoms with Crippen LogP contribution in [0.1, 0.15) is 31.2 Å². The van der Waals surface area contributed by atoms with Gasteiger partial charge in [-0.1, -0.05) is 25.4 Å². The number of nitrogens with one attached hydrogen (secondary N) is 1. The molecule has 1 aromatic heterocycles. The summed E-state index contributed by atoms with van der Waals surface area (Å²) >= 11 is 7.56. The Morgan fingerprint density at radius 2 is 2.20 bits per heavy atom. The topological polar surface area (TPSA) is 21.3 Å². The highest BCUT2D eigenvalue weighted by Crippen LogP contribution is 2.30. The van der Waals surface area contributed by atoms with Gasteiger partial charge in [0, 0.05) is 12.0 Å². The fourth-order valence-corrected chi connectivity index (χ4v) is 2.86. The van der Waals surface area contributed by atoms with E-state index in [9.17, 15) is 0 Å². The van der Waals surface area contributed by atoms with Gasteiger partial charge in [-0.15, -0.1) is 11.3 Å². The van der Waals surface area contributed by atoms with Crippen molar-refractivity contribution in [3.05, 3.63) is 21.3 Å². The van der Waals surface area contributed by atoms with E-state index >= 15 is 0 Å². The second kappa shape index (κ2) is 6.48. The Labute approximate surface area is 101 Å². The Bertz CT molecular complexity index is 286. The van der Waals surface area contributed by atoms with E-state index in [4.69, 9.17) is 16.3 Å². The summed E-state index contributed by atoms with van der Waals surface area (Å²) in [6, 6.07) is 4.26. The summed E-state index contributed by atoms with van der Waals surface area (Å²) in [6.45, 7) is 5.17. The average molecular weight is 248 g/mol. The van der Waals surface area contributed by atoms with Crippen molar-refractivity contribution in [2.45, 2.75) is 32.4 Å². The number of ether oxygens (including phenoxy) is 1. The first kappa shape index (κ1) is 13.0. The first-order valence-corrected chi connectivity index (χ1v) is 6.43. The van der Waals surface area contributed by atoms with Crippen LogP contribution in [0.15, 0.2) is 12.1 Å². The van der Waals surface area contributed by atoms with Crippen LogP contribution in [-0.4, -0.2) is 19.8 Å². The van der Waals surface area contributed by atoms with Crippen LogP contribution in [-0.2, 0) is 4.74 Å². The lowest BCUT2D eigenvalue weighted by Crippen LogP contribution is -2.32. The van der Waals surface area contributed by atoms with Gasteiger partial charge >= 0.3 is 0 Å². The number of hydrogen-bond donors (Lipinski definition) is 1. The summed E-state index contributed by atoms with van der Waals surface area (Å²) in [7, 11) is 1.76. The number of halogens is 1. The predicted molar refractivity (Wildman–Crippen MR) is 66.8 cm³/mol. The largest absolute Gasteiger partial charge is 0.379 e. The van der Waals surface area contributed by atoms with Gasteiger partial charge in [-0.05, 0) is 25.1 Å². The van der Waals surface area contributed by atoms with Crippen molar-refractivity contribution in [3.63, 3.8) is 0 Å². The molecule has 0 saturated carbocycles. The molecule has 0 aromatic carbocycles. The zero-order chi connectivity index (χ0) is 11.3. The molecule has 0 bridgehead atoms. The smallest absolute Gasteiger partial charge is 0.0931 e. The van der Waals surface area contributed by atoms with Crippen LogP contribution in [0.4, 0.5) is 0 Å². The third-order valence-electron chi connectivity index (χ3n) is 2.40. The van der Waals surface area contributed by atoms with E-state index in [1.807, 2.05) is 6.07 Å². The van der Waals surface area contributed by atoms with E-state index < -0.39 is 0 Å². The van der Waals surface area contributed by atoms with Crippen LogP contribution in [0.3, 0.4) is 0 Å². The van der Waals surface area contributed by atoms with Crippen molar-refractivity contribution in [2.75, 3.05) is 13.7 Å². The quantitative estimate of drug-likeness (QED) is 0.831. The molecule has 2 atom stereocenters. The monoisotopic (exact) mass is 247 g/mol. The van der Waals surface area contributed by atoms with Crippen LogP contribution in [0.2, 0.25) is 4.34 Å². The molecule has 0 amide bonds. The SMILES string of the molecule is CCNC(c1ccc(Cl)s1)C(CC)OC. The summed E-state index contributed by atoms with van der Waals surface area (Å²) in [5, 5.41) is 3.44. The lowest BCUT2D eigenvalue weighted by Gasteiger charge is -2.24. The molecule has 4 heteroatoms. The minimum Gasteiger partial charge on any atom is -0.379 e. The molecular formula is C11H18ClNOS. The molecule has 0 radical (unpaired) electrons. The molecule has 86 valence electrons. The third-order valence-corrected chi connectivity index (χ3v) is 3.72. The Kier molecular flexibility index (Phi) is 5.61. The molecule has 1 heterocycles. The predicted octanol–water partition coefficient (Wildman–Crippen LogP) is 3.48. The van der Waals surface area contributed by atoms with Gasteiger partial charge in [-0.3, -0.25) is 0 Å². The normalized spacial score (nSPS) is 15.2. The maximum absolute atomic E-state index is 5.95. The van der Waals surface area contributed by atoms with Gasteiger partial charge < -0.3 is 10.1 Å². The molecule has 2 unspecified atom stereocenters. The summed E-state index contributed by atoms with van der Waals surface area (Å²) in [5.74, 6) is 0. The number of likely N-dealkylation sites (N-methyl/N-ethyl adjacent to an activating group) is 1. The van der Waals surface area contributed by atoms with Gasteiger partial charge in [-0.25, -0.2) is 0 Å². The lowest BCUT2D eigenvalue weighted by molar-refractivity contribution is 0.0667. The van der Waals surface area contributed by atoms with Crippen LogP contribution in [0.25, 0.3) is 0 Å². The molecule has 1 rings (SSSR count). The van der Waals surface area contributed by atoms with Crippen LogP contribution in [0, 0.1) is 0 Å². The Balaban J connectivity index is 2.81. The summed E-state index contributed by atoms with van der Waals surface area (Å²) in [5.41, 5.74) is 0. The number of rotatable bonds is 6. The van der Waals surface area contributed by atoms with Gasteiger partial charge in [-0.2, -0.15) is 0 Å². The molecule has 0 aliphatic carbocycles. The van der Waals surface area contributed by atoms with Crippen molar-refractivity contribution in [2.24, 2.45) is 0 Å². The maximum Gasteiger partial charge on any atom is 0.0931 e. The molecule has 0 aliphatic rings. The standard InChI is InChI=1S/C11H18ClNOS/c1-4-8(14-3)11(13-5-2)9-6-7-10(12)15-9/h6-8,11,13H,4-5H2,1-3H3. The third kappa shape index (κ3) is 3.45. The van der Waals surface area contributed by atoms with Crippen molar-refractivity contribution < 1.29 is 4.74 Å². The number of hydrogen-bond acceptors (Lipinski definition) is 3. The molecule has 0 saturated heterocycles. The molecule has 0 spiro atoms. The lowest BCUT2D eigenvalue weighted by atomic mass is 10.1. The highest BCUT2D eigenvalue weighted by molar-refractivity contribution is 7.16. The minimum atomic E-state index is 0.208. The fourth-order valence-electron chi connectivity index (χ4n) is 1.67. The summed E-state index contributed by atoms with van der Waals surface area (Å²) in [4.78, 5) is 1.25. The van der Waals surface area contributed by atoms with Crippen molar-refractivity contribution in [3.8, 4) is 0 Å². The van der Waals surface area contributed by atoms with Crippen molar-refractivity contribution >= 4 is 22.9 Å². The van der Waals surface area contributed by atoms with Crippen molar-refractivity contribution in [1.82, 2.24) is 5.32 Å². The van der Waals surface area contributed by atoms with Gasteiger partial charge in [0.1, 0.15) is 0 Å². The second-order valence-corrected chi connectivity index (χ2v) is 5.11. The van der Waals surface area contributed by atoms with Gasteiger partial charge in [0.25, 0.3) is 0 Å². The van der Waals surface area contributed by atoms with E-state index in [0.29, 0.717) is 0 Å². The van der Waals surface area contributed by atoms with E-state index in [0.717, 1.165) is 17.3 Å². The first-order chi connectivity index (χ1) is 7.22. The van der Waals surface area contributed by atoms with Gasteiger partial charge in [0.05, 0.1) is 16.5 Å². The molecule has 2 nitrogen and oxygen atoms in total. The van der Waals surface area contributed by atoms with E-state index in [1.54, 1.807) is 18.4 Å². The molecule has 0 aliphatic heterocycles. The van der Waals surface area contributed by atoms with Crippen LogP contribution in [0.5, 0.6) is 0 Å². The average Bonchev–Trinajstić information content (AvgIpc) is 2.65. The van der Waals surface area contributed by atoms with E-state index in [1.165, 1.54) is 4.88 Å². The van der Waals surface area contributed by atoms with E-state index in [2.05, 4.69) is 25.2 Å². The summed E-state index contributed by atoms with van der Waals surface area (Å²) < 4.78 is 6.31. The first-order valence-electron chi connectivity index (χ1n) is 5.24. The molecule has 1 aromatic rings. The second-order valence-electron chi connectivity index (χ2n) is 3.36. The zero-order valence-corrected chi connectivity index (χ0v) is 11.0. The number of thiophene rings is 1. The number of methoxy groups -OCH3 is 1. The zero-order valence-electron chi connectivity index (χ0n) is 9.42. The highest BCUT2D eigenvalue weighted by Gasteiger charge is 2.21. The summed E-state index contributed by atoms with van der Waals surface area (Å²) in [6.07, 6.45) is 1.20. The highest BCUT2D eigenvalue weighted by atomic mass is 35.5. The molecular weight excluding hydrogens is 230 g/mol. The minimum absolute atomic E-state index is 0.208. The van der Waals surface area contributed by atoms with Gasteiger partial charge in [0.2, 0.25) is 0 Å². The molecule has 1 N–H and O–H groups in total. The Hall–Kier alpha value is -0.0900. The van der Waals surface area contributed by atoms with Crippen molar-refractivity contribution in [1.29, 1.82) is 0 Å². The molecule has 15 heavy (non-hydrogen) atoms. The Morgan fingerprint density at radius 3 is 2.60 bits per heavy atom. The fraction of sp³-hybridized carbons (Fsp3) is 0.636.